The first-order chi connectivity index (χ1) is 15.9. The zero-order chi connectivity index (χ0) is 23.1. The molecule has 0 fully saturated rings. The first-order valence-corrected chi connectivity index (χ1v) is 11.4. The smallest absolute Gasteiger partial charge is 0.238 e. The maximum absolute atomic E-state index is 13.0. The van der Waals surface area contributed by atoms with Crippen molar-refractivity contribution in [2.45, 2.75) is 37.1 Å². The van der Waals surface area contributed by atoms with Crippen molar-refractivity contribution < 1.29 is 9.53 Å². The molecule has 1 aromatic carbocycles. The maximum atomic E-state index is 13.0. The second kappa shape index (κ2) is 8.36. The van der Waals surface area contributed by atoms with Crippen LogP contribution in [0.5, 0.6) is 5.75 Å². The number of benzene rings is 1. The minimum Gasteiger partial charge on any atom is -0.496 e. The van der Waals surface area contributed by atoms with E-state index in [-0.39, 0.29) is 17.1 Å². The summed E-state index contributed by atoms with van der Waals surface area (Å²) in [4.78, 5) is 26.4. The number of amides is 1. The molecule has 33 heavy (non-hydrogen) atoms. The van der Waals surface area contributed by atoms with Crippen molar-refractivity contribution in [3.8, 4) is 5.75 Å². The molecule has 4 heterocycles. The van der Waals surface area contributed by atoms with Crippen LogP contribution in [-0.2, 0) is 17.8 Å². The molecule has 0 saturated heterocycles. The number of hydrogen-bond donors (Lipinski definition) is 2. The predicted molar refractivity (Wildman–Crippen MR) is 128 cm³/mol. The molecule has 1 aliphatic heterocycles. The van der Waals surface area contributed by atoms with Crippen LogP contribution in [-0.4, -0.2) is 43.0 Å². The van der Waals surface area contributed by atoms with Gasteiger partial charge in [-0.15, -0.1) is 0 Å². The van der Waals surface area contributed by atoms with E-state index in [2.05, 4.69) is 20.3 Å². The van der Waals surface area contributed by atoms with Crippen LogP contribution in [0, 0.1) is 13.8 Å². The number of nitrogen functional groups attached to an aromatic ring is 1. The first kappa shape index (κ1) is 21.2. The van der Waals surface area contributed by atoms with E-state index in [0.29, 0.717) is 23.6 Å². The molecule has 9 nitrogen and oxygen atoms in total. The van der Waals surface area contributed by atoms with Crippen LogP contribution in [0.2, 0.25) is 0 Å². The van der Waals surface area contributed by atoms with Crippen molar-refractivity contribution in [2.24, 2.45) is 0 Å². The monoisotopic (exact) mass is 461 g/mol. The molecule has 0 spiro atoms. The van der Waals surface area contributed by atoms with Gasteiger partial charge in [0, 0.05) is 29.4 Å². The maximum Gasteiger partial charge on any atom is 0.238 e. The number of aromatic nitrogens is 5. The van der Waals surface area contributed by atoms with E-state index in [1.807, 2.05) is 44.2 Å². The molecule has 0 radical (unpaired) electrons. The number of pyridine rings is 1. The Morgan fingerprint density at radius 3 is 2.82 bits per heavy atom. The van der Waals surface area contributed by atoms with E-state index in [9.17, 15) is 4.79 Å². The quantitative estimate of drug-likeness (QED) is 0.435. The van der Waals surface area contributed by atoms with E-state index < -0.39 is 0 Å². The summed E-state index contributed by atoms with van der Waals surface area (Å²) < 4.78 is 7.33. The number of nitrogens with zero attached hydrogens (tertiary/aromatic N) is 5. The van der Waals surface area contributed by atoms with Crippen molar-refractivity contribution in [3.05, 3.63) is 59.0 Å². The summed E-state index contributed by atoms with van der Waals surface area (Å²) in [6.45, 7) is 4.35. The average Bonchev–Trinajstić information content (AvgIpc) is 3.14. The van der Waals surface area contributed by atoms with E-state index in [4.69, 9.17) is 15.6 Å². The largest absolute Gasteiger partial charge is 0.496 e. The predicted octanol–water partition coefficient (Wildman–Crippen LogP) is 3.13. The minimum absolute atomic E-state index is 0.0995. The number of methoxy groups -OCH3 is 1. The zero-order valence-electron chi connectivity index (χ0n) is 18.5. The highest BCUT2D eigenvalue weighted by Gasteiger charge is 2.32. The Labute approximate surface area is 194 Å². The number of nitrogens with one attached hydrogen (secondary N) is 1. The third-order valence-corrected chi connectivity index (χ3v) is 6.85. The molecule has 3 aromatic heterocycles. The number of carbonyl (C=O) groups excluding carboxylic acids is 1. The van der Waals surface area contributed by atoms with Gasteiger partial charge in [-0.05, 0) is 26.0 Å². The van der Waals surface area contributed by atoms with Crippen molar-refractivity contribution in [1.82, 2.24) is 24.7 Å². The summed E-state index contributed by atoms with van der Waals surface area (Å²) in [7, 11) is 1.65. The lowest BCUT2D eigenvalue weighted by molar-refractivity contribution is -0.115. The molecule has 1 atom stereocenters. The van der Waals surface area contributed by atoms with Gasteiger partial charge in [0.05, 0.1) is 35.7 Å². The molecule has 1 unspecified atom stereocenters. The van der Waals surface area contributed by atoms with Gasteiger partial charge in [-0.3, -0.25) is 9.78 Å². The highest BCUT2D eigenvalue weighted by molar-refractivity contribution is 8.00. The molecule has 0 aliphatic carbocycles. The third kappa shape index (κ3) is 3.86. The molecule has 1 aliphatic rings. The Bertz CT molecular complexity index is 1370. The third-order valence-electron chi connectivity index (χ3n) is 5.66. The topological polar surface area (TPSA) is 121 Å². The fourth-order valence-electron chi connectivity index (χ4n) is 4.08. The number of nitrogens with two attached hydrogens (primary N) is 1. The van der Waals surface area contributed by atoms with Gasteiger partial charge >= 0.3 is 0 Å². The summed E-state index contributed by atoms with van der Waals surface area (Å²) in [6, 6.07) is 9.39. The van der Waals surface area contributed by atoms with Crippen molar-refractivity contribution >= 4 is 40.3 Å². The summed E-state index contributed by atoms with van der Waals surface area (Å²) in [5.74, 6) is 0.856. The van der Waals surface area contributed by atoms with Crippen LogP contribution in [0.4, 0.5) is 11.6 Å². The number of anilines is 2. The number of para-hydroxylation sites is 1. The molecule has 1 amide bonds. The summed E-state index contributed by atoms with van der Waals surface area (Å²) in [6.07, 6.45) is 2.26. The van der Waals surface area contributed by atoms with Gasteiger partial charge in [0.1, 0.15) is 10.8 Å². The molecule has 168 valence electrons. The number of hydrogen-bond acceptors (Lipinski definition) is 8. The molecular formula is C23H23N7O2S. The lowest BCUT2D eigenvalue weighted by atomic mass is 10.1. The van der Waals surface area contributed by atoms with E-state index >= 15 is 0 Å². The van der Waals surface area contributed by atoms with E-state index in [1.165, 1.54) is 11.8 Å². The number of carbonyl (C=O) groups is 1. The Kier molecular flexibility index (Phi) is 5.37. The standard InChI is InChI=1S/C23H23N7O2S/c1-12-10-25-16(13(2)19(12)32-3)11-30-20-18-15(29-30)9-17(33-22(18)28-23(24)27-20)21(31)26-14-7-5-4-6-8-14/h4-8,10,17H,9,11H2,1-3H3,(H,26,31)(H2,24,27,28). The van der Waals surface area contributed by atoms with Crippen LogP contribution < -0.4 is 15.8 Å². The number of thioether (sulfide) groups is 1. The summed E-state index contributed by atoms with van der Waals surface area (Å²) in [5, 5.41) is 8.90. The van der Waals surface area contributed by atoms with Gasteiger partial charge in [0.15, 0.2) is 5.65 Å². The van der Waals surface area contributed by atoms with E-state index in [0.717, 1.165) is 39.3 Å². The Balaban J connectivity index is 1.49. The molecular weight excluding hydrogens is 438 g/mol. The Morgan fingerprint density at radius 1 is 1.27 bits per heavy atom. The van der Waals surface area contributed by atoms with Crippen molar-refractivity contribution in [1.29, 1.82) is 0 Å². The molecule has 4 aromatic rings. The van der Waals surface area contributed by atoms with Crippen LogP contribution in [0.15, 0.2) is 41.6 Å². The van der Waals surface area contributed by atoms with Crippen LogP contribution in [0.25, 0.3) is 11.0 Å². The minimum atomic E-state index is -0.377. The number of rotatable bonds is 5. The van der Waals surface area contributed by atoms with Gasteiger partial charge in [-0.2, -0.15) is 10.1 Å². The van der Waals surface area contributed by atoms with Crippen LogP contribution in [0.3, 0.4) is 0 Å². The molecule has 0 bridgehead atoms. The second-order valence-corrected chi connectivity index (χ2v) is 9.09. The SMILES string of the molecule is COc1c(C)cnc(Cn2nc3c4c(nc(N)nc42)SC(C(=O)Nc2ccccc2)C3)c1C. The van der Waals surface area contributed by atoms with Gasteiger partial charge in [-0.25, -0.2) is 9.67 Å². The van der Waals surface area contributed by atoms with Gasteiger partial charge in [0.25, 0.3) is 0 Å². The van der Waals surface area contributed by atoms with Crippen molar-refractivity contribution in [3.63, 3.8) is 0 Å². The fourth-order valence-corrected chi connectivity index (χ4v) is 5.23. The lowest BCUT2D eigenvalue weighted by Crippen LogP contribution is -2.29. The van der Waals surface area contributed by atoms with Crippen molar-refractivity contribution in [2.75, 3.05) is 18.2 Å². The summed E-state index contributed by atoms with van der Waals surface area (Å²) in [5.41, 5.74) is 11.0. The second-order valence-electron chi connectivity index (χ2n) is 7.90. The molecule has 3 N–H and O–H groups in total. The zero-order valence-corrected chi connectivity index (χ0v) is 19.3. The fraction of sp³-hybridized carbons (Fsp3) is 0.261. The van der Waals surface area contributed by atoms with E-state index in [1.54, 1.807) is 18.0 Å². The highest BCUT2D eigenvalue weighted by atomic mass is 32.2. The Morgan fingerprint density at radius 2 is 2.06 bits per heavy atom. The molecule has 5 rings (SSSR count). The number of ether oxygens (including phenoxy) is 1. The van der Waals surface area contributed by atoms with Gasteiger partial charge in [-0.1, -0.05) is 30.0 Å². The average molecular weight is 462 g/mol. The van der Waals surface area contributed by atoms with Crippen LogP contribution >= 0.6 is 11.8 Å². The van der Waals surface area contributed by atoms with Crippen LogP contribution in [0.1, 0.15) is 22.5 Å². The van der Waals surface area contributed by atoms with Gasteiger partial charge < -0.3 is 15.8 Å². The highest BCUT2D eigenvalue weighted by Crippen LogP contribution is 2.39. The molecule has 10 heteroatoms. The lowest BCUT2D eigenvalue weighted by Gasteiger charge is -2.19. The summed E-state index contributed by atoms with van der Waals surface area (Å²) >= 11 is 1.39. The van der Waals surface area contributed by atoms with Gasteiger partial charge in [0.2, 0.25) is 11.9 Å². The number of aryl methyl sites for hydroxylation is 1. The normalized spacial score (nSPS) is 14.9. The first-order valence-electron chi connectivity index (χ1n) is 10.5. The Hall–Kier alpha value is -3.66. The molecule has 0 saturated carbocycles.